The Morgan fingerprint density at radius 3 is 1.67 bits per heavy atom. The number of nitrogens with two attached hydrogens (primary N) is 1. The molecule has 1 amide bonds. The predicted molar refractivity (Wildman–Crippen MR) is 262 cm³/mol. The van der Waals surface area contributed by atoms with Gasteiger partial charge in [-0.3, -0.25) is 4.79 Å². The molecule has 4 N–H and O–H groups in total. The van der Waals surface area contributed by atoms with Gasteiger partial charge in [0.1, 0.15) is 10.3 Å². The van der Waals surface area contributed by atoms with Gasteiger partial charge in [0.25, 0.3) is 15.9 Å². The monoisotopic (exact) mass is 1350 g/mol. The molecule has 2 fully saturated rings. The van der Waals surface area contributed by atoms with Crippen LogP contribution in [0.3, 0.4) is 0 Å². The second-order valence-electron chi connectivity index (χ2n) is 15.4. The van der Waals surface area contributed by atoms with Crippen molar-refractivity contribution in [2.45, 2.75) is 49.3 Å². The first-order chi connectivity index (χ1) is 33.1. The zero-order chi connectivity index (χ0) is 51.9. The van der Waals surface area contributed by atoms with Gasteiger partial charge in [-0.1, -0.05) is 83.9 Å². The first-order valence-corrected chi connectivity index (χ1v) is 24.8. The molecule has 26 heteroatoms. The number of carbonyl (C=O) groups excluding carboxylic acids is 1. The van der Waals surface area contributed by atoms with Crippen molar-refractivity contribution >= 4 is 91.8 Å². The molecule has 0 unspecified atom stereocenters. The first-order valence-electron chi connectivity index (χ1n) is 20.8. The van der Waals surface area contributed by atoms with Gasteiger partial charge in [0.05, 0.1) is 52.3 Å². The summed E-state index contributed by atoms with van der Waals surface area (Å²) < 4.78 is 74.0. The zero-order valence-electron chi connectivity index (χ0n) is 38.6. The third kappa shape index (κ3) is 16.8. The van der Waals surface area contributed by atoms with Gasteiger partial charge in [0.2, 0.25) is 21.8 Å². The van der Waals surface area contributed by atoms with Gasteiger partial charge in [0, 0.05) is 76.2 Å². The summed E-state index contributed by atoms with van der Waals surface area (Å²) >= 11 is 14.0. The van der Waals surface area contributed by atoms with E-state index in [-0.39, 0.29) is 73.2 Å². The third-order valence-electron chi connectivity index (χ3n) is 9.90. The Morgan fingerprint density at radius 2 is 1.29 bits per heavy atom. The van der Waals surface area contributed by atoms with Crippen molar-refractivity contribution in [2.24, 2.45) is 16.0 Å². The smallest absolute Gasteiger partial charge is 0.338 e. The number of primary sulfonamides is 1. The molecule has 2 aromatic carbocycles. The molecule has 6 aromatic rings. The van der Waals surface area contributed by atoms with Crippen LogP contribution in [0, 0.1) is 59.8 Å². The average Bonchev–Trinajstić information content (AvgIpc) is 4.10. The maximum atomic E-state index is 12.5. The van der Waals surface area contributed by atoms with E-state index in [1.807, 2.05) is 33.4 Å². The van der Waals surface area contributed by atoms with Gasteiger partial charge < -0.3 is 14.6 Å². The maximum Gasteiger partial charge on any atom is 0.338 e. The summed E-state index contributed by atoms with van der Waals surface area (Å²) in [5, 5.41) is 30.9. The minimum absolute atomic E-state index is 0. The summed E-state index contributed by atoms with van der Waals surface area (Å²) in [6.45, 7) is 12.2. The van der Waals surface area contributed by atoms with E-state index in [1.54, 1.807) is 30.6 Å². The van der Waals surface area contributed by atoms with Gasteiger partial charge in [-0.05, 0) is 80.5 Å². The Hall–Kier alpha value is -5.03. The molecule has 358 valence electrons. The summed E-state index contributed by atoms with van der Waals surface area (Å²) in [4.78, 5) is 35.0. The van der Waals surface area contributed by atoms with Gasteiger partial charge in [0.15, 0.2) is 17.3 Å². The number of aromatic nitrogens is 6. The van der Waals surface area contributed by atoms with E-state index >= 15 is 0 Å². The Labute approximate surface area is 450 Å². The van der Waals surface area contributed by atoms with E-state index in [1.165, 1.54) is 88.9 Å². The van der Waals surface area contributed by atoms with Gasteiger partial charge in [-0.2, -0.15) is 5.26 Å². The molecule has 19 nitrogen and oxygen atoms in total. The van der Waals surface area contributed by atoms with Crippen LogP contribution in [0.5, 0.6) is 11.8 Å². The third-order valence-corrected chi connectivity index (χ3v) is 12.8. The number of carboxylic acids is 1. The zero-order valence-corrected chi connectivity index (χ0v) is 46.0. The number of carboxylic acid groups (broad SMARTS) is 1. The predicted octanol–water partition coefficient (Wildman–Crippen LogP) is 7.18. The number of nitrogens with zero attached hydrogens (tertiary/aromatic N) is 8. The Bertz CT molecular complexity index is 3100. The molecule has 4 aromatic heterocycles. The van der Waals surface area contributed by atoms with Crippen LogP contribution in [0.2, 0.25) is 10.3 Å². The summed E-state index contributed by atoms with van der Waals surface area (Å²) in [7, 11) is -4.03. The number of benzene rings is 2. The number of alkyl halides is 1. The fourth-order valence-electron chi connectivity index (χ4n) is 5.32. The van der Waals surface area contributed by atoms with Crippen molar-refractivity contribution in [3.63, 3.8) is 0 Å². The van der Waals surface area contributed by atoms with Crippen molar-refractivity contribution in [3.05, 3.63) is 136 Å². The molecule has 0 spiro atoms. The normalized spacial score (nSPS) is 13.7. The average molecular weight is 1360 g/mol. The van der Waals surface area contributed by atoms with Crippen LogP contribution in [0.25, 0.3) is 16.5 Å². The Kier molecular flexibility index (Phi) is 20.0. The van der Waals surface area contributed by atoms with Crippen molar-refractivity contribution in [1.29, 1.82) is 6.60 Å². The maximum absolute atomic E-state index is 12.5. The summed E-state index contributed by atoms with van der Waals surface area (Å²) in [6, 6.07) is 21.7. The number of amides is 1. The van der Waals surface area contributed by atoms with Crippen LogP contribution in [-0.2, 0) is 20.0 Å². The van der Waals surface area contributed by atoms with E-state index in [4.69, 9.17) is 57.5 Å². The molecule has 4 heterocycles. The van der Waals surface area contributed by atoms with Gasteiger partial charge in [-0.15, -0.1) is 10.2 Å². The number of carbonyl (C=O) groups is 2. The molecule has 2 aliphatic rings. The molecular formula is C43H42BCl2IN10O9S2U. The minimum Gasteiger partial charge on any atom is -0.478 e. The number of nitrogens with one attached hydrogen (secondary N) is 1. The fraction of sp³-hybridized carbons (Fsp3) is 0.256. The Morgan fingerprint density at radius 1 is 0.855 bits per heavy atom. The van der Waals surface area contributed by atoms with E-state index in [0.29, 0.717) is 52.8 Å². The molecule has 2 radical (unpaired) electrons. The number of hydrogen-bond donors (Lipinski definition) is 3. The molecule has 2 saturated carbocycles. The van der Waals surface area contributed by atoms with Crippen LogP contribution < -0.4 is 19.3 Å². The van der Waals surface area contributed by atoms with Crippen molar-refractivity contribution in [1.82, 2.24) is 34.3 Å². The molecule has 0 bridgehead atoms. The Balaban J connectivity index is 0.000000293. The van der Waals surface area contributed by atoms with Crippen LogP contribution in [0.4, 0.5) is 5.69 Å². The number of pyridine rings is 2. The van der Waals surface area contributed by atoms with Crippen LogP contribution in [0.1, 0.15) is 67.2 Å². The standard InChI is InChI=1S/C21H18ClN5O4S.C14H14ClN3O3.C7H6N2O2S.CH3I.BH.U/c1-21(9-10-21)13-31-18-8-11-27(25-18)17-7-6-16(19(22)24-17)20(28)26-32(29,30)15-4-2-14(12-23)3-5-15;1-14(5-6-14)8-21-11-4-7-18(17-11)10-3-2-9(13(19)20)12(15)16-10;1-9-6-2-4-7(5-3-6)12(8,10)11;1-2;;/h2-8,11H,9-10,13H2,1H3,(H,26,28);2-4,7H,5-6,8H2,1H3,(H,19,20);2-5H,(H2,8,10,11);1H3;1H;/i;;;2*1D;. The largest absolute Gasteiger partial charge is 0.478 e. The number of ether oxygens (including phenoxy) is 2. The number of rotatable bonds is 13. The molecule has 69 heavy (non-hydrogen) atoms. The number of hydrogen-bond acceptors (Lipinski definition) is 13. The van der Waals surface area contributed by atoms with Gasteiger partial charge >= 0.3 is 5.97 Å². The summed E-state index contributed by atoms with van der Waals surface area (Å²) in [6.07, 6.45) is 7.98. The number of nitriles is 1. The molecule has 0 aliphatic heterocycles. The summed E-state index contributed by atoms with van der Waals surface area (Å²) in [5.41, 5.74) is 1.05. The van der Waals surface area contributed by atoms with E-state index < -0.39 is 31.9 Å². The van der Waals surface area contributed by atoms with Crippen LogP contribution >= 0.6 is 45.8 Å². The molecule has 0 atom stereocenters. The molecule has 2 aliphatic carbocycles. The second kappa shape index (κ2) is 25.2. The SMILES string of the molecule is CC1(COc2ccn(-c3ccc(C(=O)NS(=O)(=O)c4ccc(C#N)cc4)c(Cl)n3)n2)CC1.CC1(COc2ccn(-c3ccc(C(=O)O)c(Cl)n3)n2)CC1.[2H]CI.[2H][B].[C-]#[N+]c1ccc(S(N)(=O)=O)cc1.[U]. The number of aromatic carboxylic acids is 1. The molecular weight excluding hydrogens is 1310 g/mol. The minimum atomic E-state index is -4.15. The van der Waals surface area contributed by atoms with Crippen molar-refractivity contribution < 1.29 is 73.5 Å². The van der Waals surface area contributed by atoms with E-state index in [2.05, 4.69) is 47.2 Å². The second-order valence-corrected chi connectivity index (χ2v) is 19.4. The quantitative estimate of drug-likeness (QED) is 0.0340. The first kappa shape index (κ1) is 54.9. The fourth-order valence-corrected chi connectivity index (χ4v) is 7.27. The topological polar surface area (TPSA) is 269 Å². The van der Waals surface area contributed by atoms with Crippen molar-refractivity contribution in [3.8, 4) is 29.5 Å². The van der Waals surface area contributed by atoms with Crippen LogP contribution in [-0.4, -0.2) is 91.2 Å². The number of sulfonamides is 2. The van der Waals surface area contributed by atoms with E-state index in [0.717, 1.165) is 12.8 Å². The number of halogens is 3. The molecule has 8 rings (SSSR count). The summed E-state index contributed by atoms with van der Waals surface area (Å²) in [5.74, 6) is -0.289. The van der Waals surface area contributed by atoms with Gasteiger partial charge in [-0.25, -0.2) is 55.7 Å². The van der Waals surface area contributed by atoms with Crippen LogP contribution in [0.15, 0.2) is 107 Å². The van der Waals surface area contributed by atoms with Crippen molar-refractivity contribution in [2.75, 3.05) is 18.1 Å². The van der Waals surface area contributed by atoms with E-state index in [9.17, 15) is 26.4 Å². The molecule has 0 saturated heterocycles.